The van der Waals surface area contributed by atoms with Crippen molar-refractivity contribution < 1.29 is 33.6 Å². The molecule has 164 valence electrons. The summed E-state index contributed by atoms with van der Waals surface area (Å²) in [4.78, 5) is 11.5. The lowest BCUT2D eigenvalue weighted by molar-refractivity contribution is -0.0840. The molecule has 29 heavy (non-hydrogen) atoms. The minimum atomic E-state index is -1.15. The minimum Gasteiger partial charge on any atom is -0.478 e. The van der Waals surface area contributed by atoms with E-state index < -0.39 is 11.4 Å². The summed E-state index contributed by atoms with van der Waals surface area (Å²) in [5.74, 6) is -0.615. The first-order valence-corrected chi connectivity index (χ1v) is 9.71. The van der Waals surface area contributed by atoms with Crippen LogP contribution in [-0.2, 0) is 14.2 Å². The number of hydrogen-bond donors (Lipinski definition) is 2. The standard InChI is InChI=1S/C21H33NO7/c1-6-21(4,5)20(22)29-16-8-9-18(17(12-16)19(23)24)28-14-26-11-7-10-25-13-27-15(2)3/h8-9,12,15,22H,6-7,10-11,13-14H2,1-5H3,(H,23,24). The first-order valence-electron chi connectivity index (χ1n) is 9.71. The summed E-state index contributed by atoms with van der Waals surface area (Å²) >= 11 is 0. The SMILES string of the molecule is CCC(C)(C)C(=N)Oc1ccc(OCOCCCOCOC(C)C)c(C(=O)O)c1. The van der Waals surface area contributed by atoms with Gasteiger partial charge in [-0.05, 0) is 44.9 Å². The van der Waals surface area contributed by atoms with Gasteiger partial charge < -0.3 is 28.8 Å². The lowest BCUT2D eigenvalue weighted by Gasteiger charge is -2.23. The summed E-state index contributed by atoms with van der Waals surface area (Å²) in [6, 6.07) is 4.42. The fourth-order valence-electron chi connectivity index (χ4n) is 1.95. The van der Waals surface area contributed by atoms with Crippen molar-refractivity contribution in [3.8, 4) is 11.5 Å². The van der Waals surface area contributed by atoms with Gasteiger partial charge in [0.2, 0.25) is 0 Å². The van der Waals surface area contributed by atoms with Crippen molar-refractivity contribution in [2.75, 3.05) is 26.8 Å². The number of ether oxygens (including phenoxy) is 5. The molecule has 1 rings (SSSR count). The molecule has 0 aliphatic carbocycles. The number of aromatic carboxylic acids is 1. The summed E-state index contributed by atoms with van der Waals surface area (Å²) < 4.78 is 26.8. The Morgan fingerprint density at radius 3 is 2.41 bits per heavy atom. The Bertz CT molecular complexity index is 658. The van der Waals surface area contributed by atoms with E-state index in [-0.39, 0.29) is 42.7 Å². The fourth-order valence-corrected chi connectivity index (χ4v) is 1.95. The van der Waals surface area contributed by atoms with E-state index in [1.165, 1.54) is 12.1 Å². The van der Waals surface area contributed by atoms with Crippen LogP contribution in [0, 0.1) is 10.8 Å². The molecular formula is C21H33NO7. The molecule has 0 fully saturated rings. The number of carboxylic acids is 1. The molecule has 0 radical (unpaired) electrons. The zero-order chi connectivity index (χ0) is 21.9. The van der Waals surface area contributed by atoms with Gasteiger partial charge in [-0.1, -0.05) is 20.8 Å². The van der Waals surface area contributed by atoms with Crippen LogP contribution in [0.4, 0.5) is 0 Å². The first kappa shape index (κ1) is 24.9. The Morgan fingerprint density at radius 2 is 1.83 bits per heavy atom. The topological polar surface area (TPSA) is 107 Å². The van der Waals surface area contributed by atoms with E-state index in [0.29, 0.717) is 19.6 Å². The van der Waals surface area contributed by atoms with Crippen LogP contribution in [0.1, 0.15) is 57.8 Å². The van der Waals surface area contributed by atoms with Gasteiger partial charge in [-0.3, -0.25) is 5.41 Å². The fraction of sp³-hybridized carbons (Fsp3) is 0.619. The molecule has 0 saturated heterocycles. The average Bonchev–Trinajstić information content (AvgIpc) is 2.66. The number of carboxylic acid groups (broad SMARTS) is 1. The van der Waals surface area contributed by atoms with E-state index in [2.05, 4.69) is 0 Å². The molecule has 0 unspecified atom stereocenters. The highest BCUT2D eigenvalue weighted by Crippen LogP contribution is 2.28. The number of carbonyl (C=O) groups is 1. The van der Waals surface area contributed by atoms with Gasteiger partial charge in [0.05, 0.1) is 19.3 Å². The van der Waals surface area contributed by atoms with Crippen LogP contribution in [0.3, 0.4) is 0 Å². The largest absolute Gasteiger partial charge is 0.478 e. The van der Waals surface area contributed by atoms with Gasteiger partial charge in [0, 0.05) is 5.41 Å². The van der Waals surface area contributed by atoms with Crippen LogP contribution < -0.4 is 9.47 Å². The van der Waals surface area contributed by atoms with Gasteiger partial charge in [0.1, 0.15) is 23.9 Å². The Morgan fingerprint density at radius 1 is 1.17 bits per heavy atom. The van der Waals surface area contributed by atoms with Gasteiger partial charge in [0.15, 0.2) is 12.7 Å². The van der Waals surface area contributed by atoms with E-state index in [1.807, 2.05) is 34.6 Å². The summed E-state index contributed by atoms with van der Waals surface area (Å²) in [5, 5.41) is 17.5. The summed E-state index contributed by atoms with van der Waals surface area (Å²) in [6.45, 7) is 10.7. The van der Waals surface area contributed by atoms with Gasteiger partial charge in [-0.15, -0.1) is 0 Å². The smallest absolute Gasteiger partial charge is 0.339 e. The molecule has 0 amide bonds. The number of hydrogen-bond acceptors (Lipinski definition) is 7. The van der Waals surface area contributed by atoms with Crippen LogP contribution >= 0.6 is 0 Å². The Balaban J connectivity index is 2.48. The summed E-state index contributed by atoms with van der Waals surface area (Å²) in [7, 11) is 0. The zero-order valence-electron chi connectivity index (χ0n) is 17.9. The van der Waals surface area contributed by atoms with Crippen LogP contribution in [0.2, 0.25) is 0 Å². The van der Waals surface area contributed by atoms with Crippen molar-refractivity contribution in [1.82, 2.24) is 0 Å². The second kappa shape index (κ2) is 12.4. The molecule has 0 spiro atoms. The van der Waals surface area contributed by atoms with Crippen LogP contribution in [-0.4, -0.2) is 49.9 Å². The van der Waals surface area contributed by atoms with Crippen LogP contribution in [0.5, 0.6) is 11.5 Å². The van der Waals surface area contributed by atoms with Gasteiger partial charge in [-0.25, -0.2) is 4.79 Å². The maximum Gasteiger partial charge on any atom is 0.339 e. The summed E-state index contributed by atoms with van der Waals surface area (Å²) in [6.07, 6.45) is 1.52. The normalized spacial score (nSPS) is 11.5. The Labute approximate surface area is 172 Å². The van der Waals surface area contributed by atoms with Crippen molar-refractivity contribution in [3.05, 3.63) is 23.8 Å². The number of benzene rings is 1. The van der Waals surface area contributed by atoms with Gasteiger partial charge >= 0.3 is 5.97 Å². The highest BCUT2D eigenvalue weighted by molar-refractivity contribution is 5.92. The van der Waals surface area contributed by atoms with Crippen LogP contribution in [0.25, 0.3) is 0 Å². The van der Waals surface area contributed by atoms with Gasteiger partial charge in [-0.2, -0.15) is 0 Å². The average molecular weight is 411 g/mol. The molecule has 8 nitrogen and oxygen atoms in total. The maximum atomic E-state index is 11.5. The quantitative estimate of drug-likeness (QED) is 0.203. The first-order chi connectivity index (χ1) is 13.7. The predicted molar refractivity (Wildman–Crippen MR) is 109 cm³/mol. The van der Waals surface area contributed by atoms with E-state index in [4.69, 9.17) is 29.1 Å². The molecule has 1 aromatic carbocycles. The monoisotopic (exact) mass is 411 g/mol. The maximum absolute atomic E-state index is 11.5. The van der Waals surface area contributed by atoms with E-state index in [1.54, 1.807) is 6.07 Å². The molecule has 0 heterocycles. The lowest BCUT2D eigenvalue weighted by Crippen LogP contribution is -2.27. The van der Waals surface area contributed by atoms with Crippen molar-refractivity contribution in [2.24, 2.45) is 5.41 Å². The molecule has 0 aliphatic rings. The van der Waals surface area contributed by atoms with E-state index >= 15 is 0 Å². The molecule has 0 aliphatic heterocycles. The van der Waals surface area contributed by atoms with Crippen molar-refractivity contribution >= 4 is 11.9 Å². The Hall–Kier alpha value is -2.16. The third-order valence-electron chi connectivity index (χ3n) is 4.26. The second-order valence-electron chi connectivity index (χ2n) is 7.40. The lowest BCUT2D eigenvalue weighted by atomic mass is 9.90. The van der Waals surface area contributed by atoms with Crippen molar-refractivity contribution in [2.45, 2.75) is 53.6 Å². The highest BCUT2D eigenvalue weighted by atomic mass is 16.7. The van der Waals surface area contributed by atoms with Crippen LogP contribution in [0.15, 0.2) is 18.2 Å². The molecular weight excluding hydrogens is 378 g/mol. The molecule has 1 aromatic rings. The summed E-state index contributed by atoms with van der Waals surface area (Å²) in [5.41, 5.74) is -0.487. The molecule has 8 heteroatoms. The number of nitrogens with one attached hydrogen (secondary N) is 1. The number of rotatable bonds is 14. The zero-order valence-corrected chi connectivity index (χ0v) is 17.9. The minimum absolute atomic E-state index is 0.0534. The predicted octanol–water partition coefficient (Wildman–Crippen LogP) is 4.32. The molecule has 0 aromatic heterocycles. The third kappa shape index (κ3) is 9.25. The highest BCUT2D eigenvalue weighted by Gasteiger charge is 2.24. The van der Waals surface area contributed by atoms with Crippen molar-refractivity contribution in [3.63, 3.8) is 0 Å². The van der Waals surface area contributed by atoms with Crippen molar-refractivity contribution in [1.29, 1.82) is 5.41 Å². The van der Waals surface area contributed by atoms with E-state index in [0.717, 1.165) is 6.42 Å². The molecule has 0 saturated carbocycles. The van der Waals surface area contributed by atoms with Gasteiger partial charge in [0.25, 0.3) is 0 Å². The molecule has 2 N–H and O–H groups in total. The van der Waals surface area contributed by atoms with E-state index in [9.17, 15) is 9.90 Å². The third-order valence-corrected chi connectivity index (χ3v) is 4.26. The molecule has 0 bridgehead atoms. The second-order valence-corrected chi connectivity index (χ2v) is 7.40. The molecule has 0 atom stereocenters. The Kier molecular flexibility index (Phi) is 10.6.